The van der Waals surface area contributed by atoms with E-state index in [1.807, 2.05) is 7.05 Å². The van der Waals surface area contributed by atoms with Gasteiger partial charge in [0.1, 0.15) is 0 Å². The number of rotatable bonds is 2. The van der Waals surface area contributed by atoms with Crippen LogP contribution < -0.4 is 5.32 Å². The molecule has 0 aromatic rings. The molecule has 0 bridgehead atoms. The van der Waals surface area contributed by atoms with Crippen LogP contribution in [0.4, 0.5) is 0 Å². The highest BCUT2D eigenvalue weighted by Gasteiger charge is 2.25. The molecule has 0 amide bonds. The Labute approximate surface area is 73.5 Å². The Morgan fingerprint density at radius 2 is 1.92 bits per heavy atom. The van der Waals surface area contributed by atoms with E-state index in [9.17, 15) is 4.79 Å². The van der Waals surface area contributed by atoms with Gasteiger partial charge in [0.15, 0.2) is 0 Å². The lowest BCUT2D eigenvalue weighted by Crippen LogP contribution is -2.32. The Hall–Kier alpha value is -0.570. The summed E-state index contributed by atoms with van der Waals surface area (Å²) >= 11 is 0. The Morgan fingerprint density at radius 1 is 1.33 bits per heavy atom. The highest BCUT2D eigenvalue weighted by Crippen LogP contribution is 2.24. The van der Waals surface area contributed by atoms with Gasteiger partial charge >= 0.3 is 5.97 Å². The first kappa shape index (κ1) is 9.52. The first-order valence-corrected chi connectivity index (χ1v) is 4.53. The summed E-state index contributed by atoms with van der Waals surface area (Å²) in [5.41, 5.74) is 0. The number of carbonyl (C=O) groups excluding carboxylic acids is 1. The Bertz CT molecular complexity index is 151. The molecule has 3 nitrogen and oxygen atoms in total. The van der Waals surface area contributed by atoms with E-state index in [0.29, 0.717) is 6.04 Å². The van der Waals surface area contributed by atoms with Crippen LogP contribution in [-0.4, -0.2) is 26.2 Å². The maximum Gasteiger partial charge on any atom is 0.308 e. The van der Waals surface area contributed by atoms with Crippen molar-refractivity contribution in [2.45, 2.75) is 31.7 Å². The smallest absolute Gasteiger partial charge is 0.308 e. The van der Waals surface area contributed by atoms with Crippen LogP contribution in [0, 0.1) is 5.92 Å². The van der Waals surface area contributed by atoms with Crippen molar-refractivity contribution >= 4 is 5.97 Å². The van der Waals surface area contributed by atoms with Crippen LogP contribution in [0.2, 0.25) is 0 Å². The second kappa shape index (κ2) is 4.45. The zero-order chi connectivity index (χ0) is 8.97. The summed E-state index contributed by atoms with van der Waals surface area (Å²) in [6, 6.07) is 0.603. The molecule has 1 fully saturated rings. The summed E-state index contributed by atoms with van der Waals surface area (Å²) in [6.45, 7) is 0. The molecule has 0 aromatic carbocycles. The number of hydrogen-bond acceptors (Lipinski definition) is 3. The van der Waals surface area contributed by atoms with Gasteiger partial charge in [0.25, 0.3) is 0 Å². The lowest BCUT2D eigenvalue weighted by molar-refractivity contribution is -0.146. The number of ether oxygens (including phenoxy) is 1. The fraction of sp³-hybridized carbons (Fsp3) is 0.889. The van der Waals surface area contributed by atoms with Crippen molar-refractivity contribution in [1.82, 2.24) is 5.32 Å². The summed E-state index contributed by atoms with van der Waals surface area (Å²) in [4.78, 5) is 11.1. The molecule has 0 spiro atoms. The molecule has 1 rings (SSSR count). The first-order chi connectivity index (χ1) is 5.77. The van der Waals surface area contributed by atoms with Gasteiger partial charge in [-0.15, -0.1) is 0 Å². The summed E-state index contributed by atoms with van der Waals surface area (Å²) in [6.07, 6.45) is 4.13. The van der Waals surface area contributed by atoms with Gasteiger partial charge in [-0.3, -0.25) is 4.79 Å². The summed E-state index contributed by atoms with van der Waals surface area (Å²) < 4.78 is 4.70. The highest BCUT2D eigenvalue weighted by atomic mass is 16.5. The number of nitrogens with one attached hydrogen (secondary N) is 1. The molecule has 0 heterocycles. The van der Waals surface area contributed by atoms with Crippen molar-refractivity contribution in [2.24, 2.45) is 5.92 Å². The van der Waals surface area contributed by atoms with Gasteiger partial charge in [0.05, 0.1) is 13.0 Å². The lowest BCUT2D eigenvalue weighted by atomic mass is 9.86. The molecule has 0 aromatic heterocycles. The molecule has 1 N–H and O–H groups in total. The molecule has 0 unspecified atom stereocenters. The highest BCUT2D eigenvalue weighted by molar-refractivity contribution is 5.72. The van der Waals surface area contributed by atoms with Gasteiger partial charge in [-0.1, -0.05) is 0 Å². The van der Waals surface area contributed by atoms with Crippen LogP contribution >= 0.6 is 0 Å². The molecule has 1 aliphatic carbocycles. The van der Waals surface area contributed by atoms with Gasteiger partial charge < -0.3 is 10.1 Å². The fourth-order valence-electron chi connectivity index (χ4n) is 1.78. The minimum atomic E-state index is -0.0375. The zero-order valence-electron chi connectivity index (χ0n) is 7.80. The molecular weight excluding hydrogens is 154 g/mol. The van der Waals surface area contributed by atoms with Crippen molar-refractivity contribution in [2.75, 3.05) is 14.2 Å². The number of esters is 1. The molecule has 70 valence electrons. The van der Waals surface area contributed by atoms with E-state index in [2.05, 4.69) is 5.32 Å². The SMILES string of the molecule is CNC1CCC(C(=O)OC)CC1. The van der Waals surface area contributed by atoms with E-state index in [-0.39, 0.29) is 11.9 Å². The topological polar surface area (TPSA) is 38.3 Å². The first-order valence-electron chi connectivity index (χ1n) is 4.53. The zero-order valence-corrected chi connectivity index (χ0v) is 7.80. The van der Waals surface area contributed by atoms with Crippen LogP contribution in [0.15, 0.2) is 0 Å². The van der Waals surface area contributed by atoms with Gasteiger partial charge in [0.2, 0.25) is 0 Å². The van der Waals surface area contributed by atoms with E-state index in [1.165, 1.54) is 7.11 Å². The third-order valence-electron chi connectivity index (χ3n) is 2.67. The fourth-order valence-corrected chi connectivity index (χ4v) is 1.78. The summed E-state index contributed by atoms with van der Waals surface area (Å²) in [5, 5.41) is 3.23. The third kappa shape index (κ3) is 2.21. The molecule has 3 heteroatoms. The molecule has 0 atom stereocenters. The summed E-state index contributed by atoms with van der Waals surface area (Å²) in [7, 11) is 3.44. The van der Waals surface area contributed by atoms with Crippen molar-refractivity contribution < 1.29 is 9.53 Å². The van der Waals surface area contributed by atoms with E-state index >= 15 is 0 Å². The standard InChI is InChI=1S/C9H17NO2/c1-10-8-5-3-7(4-6-8)9(11)12-2/h7-8,10H,3-6H2,1-2H3. The van der Waals surface area contributed by atoms with Crippen molar-refractivity contribution in [3.63, 3.8) is 0 Å². The molecular formula is C9H17NO2. The predicted octanol–water partition coefficient (Wildman–Crippen LogP) is 0.938. The van der Waals surface area contributed by atoms with Crippen LogP contribution in [0.5, 0.6) is 0 Å². The van der Waals surface area contributed by atoms with Crippen molar-refractivity contribution in [3.05, 3.63) is 0 Å². The Kier molecular flexibility index (Phi) is 3.53. The number of carbonyl (C=O) groups is 1. The predicted molar refractivity (Wildman–Crippen MR) is 46.8 cm³/mol. The second-order valence-electron chi connectivity index (χ2n) is 3.36. The average molecular weight is 171 g/mol. The van der Waals surface area contributed by atoms with E-state index in [1.54, 1.807) is 0 Å². The number of methoxy groups -OCH3 is 1. The number of hydrogen-bond donors (Lipinski definition) is 1. The van der Waals surface area contributed by atoms with Crippen LogP contribution in [0.1, 0.15) is 25.7 Å². The molecule has 0 radical (unpaired) electrons. The largest absolute Gasteiger partial charge is 0.469 e. The minimum absolute atomic E-state index is 0.0375. The molecule has 1 aliphatic rings. The summed E-state index contributed by atoms with van der Waals surface area (Å²) in [5.74, 6) is 0.115. The Morgan fingerprint density at radius 3 is 2.33 bits per heavy atom. The molecule has 1 saturated carbocycles. The Balaban J connectivity index is 2.30. The molecule has 0 aliphatic heterocycles. The average Bonchev–Trinajstić information content (AvgIpc) is 2.17. The maximum atomic E-state index is 11.1. The molecule has 12 heavy (non-hydrogen) atoms. The van der Waals surface area contributed by atoms with Crippen LogP contribution in [0.3, 0.4) is 0 Å². The van der Waals surface area contributed by atoms with Gasteiger partial charge in [-0.2, -0.15) is 0 Å². The van der Waals surface area contributed by atoms with Crippen molar-refractivity contribution in [3.8, 4) is 0 Å². The van der Waals surface area contributed by atoms with E-state index < -0.39 is 0 Å². The van der Waals surface area contributed by atoms with Gasteiger partial charge in [0, 0.05) is 6.04 Å². The van der Waals surface area contributed by atoms with Gasteiger partial charge in [-0.25, -0.2) is 0 Å². The van der Waals surface area contributed by atoms with E-state index in [0.717, 1.165) is 25.7 Å². The lowest BCUT2D eigenvalue weighted by Gasteiger charge is -2.26. The normalized spacial score (nSPS) is 29.8. The molecule has 0 saturated heterocycles. The van der Waals surface area contributed by atoms with Crippen molar-refractivity contribution in [1.29, 1.82) is 0 Å². The third-order valence-corrected chi connectivity index (χ3v) is 2.67. The van der Waals surface area contributed by atoms with Crippen LogP contribution in [-0.2, 0) is 9.53 Å². The minimum Gasteiger partial charge on any atom is -0.469 e. The quantitative estimate of drug-likeness (QED) is 0.628. The monoisotopic (exact) mass is 171 g/mol. The van der Waals surface area contributed by atoms with Gasteiger partial charge in [-0.05, 0) is 32.7 Å². The van der Waals surface area contributed by atoms with E-state index in [4.69, 9.17) is 4.74 Å². The van der Waals surface area contributed by atoms with Crippen LogP contribution in [0.25, 0.3) is 0 Å². The maximum absolute atomic E-state index is 11.1. The second-order valence-corrected chi connectivity index (χ2v) is 3.36.